The van der Waals surface area contributed by atoms with E-state index in [4.69, 9.17) is 4.42 Å². The lowest BCUT2D eigenvalue weighted by Gasteiger charge is -2.22. The lowest BCUT2D eigenvalue weighted by molar-refractivity contribution is 0.369. The summed E-state index contributed by atoms with van der Waals surface area (Å²) in [6, 6.07) is 2.62. The van der Waals surface area contributed by atoms with E-state index >= 15 is 0 Å². The molecule has 1 aromatic heterocycles. The third kappa shape index (κ3) is 4.55. The maximum absolute atomic E-state index is 5.43. The van der Waals surface area contributed by atoms with E-state index in [1.165, 1.54) is 31.2 Å². The summed E-state index contributed by atoms with van der Waals surface area (Å²) in [6.45, 7) is 9.87. The summed E-state index contributed by atoms with van der Waals surface area (Å²) >= 11 is 0. The van der Waals surface area contributed by atoms with E-state index in [1.54, 1.807) is 0 Å². The average Bonchev–Trinajstić information content (AvgIpc) is 2.76. The third-order valence-corrected chi connectivity index (χ3v) is 3.52. The summed E-state index contributed by atoms with van der Waals surface area (Å²) in [7, 11) is 0. The molecule has 0 aliphatic rings. The molecule has 0 spiro atoms. The van der Waals surface area contributed by atoms with E-state index < -0.39 is 0 Å². The van der Waals surface area contributed by atoms with Gasteiger partial charge in [0.15, 0.2) is 0 Å². The van der Waals surface area contributed by atoms with E-state index in [1.807, 2.05) is 13.2 Å². The number of hydrogen-bond acceptors (Lipinski definition) is 2. The van der Waals surface area contributed by atoms with E-state index in [9.17, 15) is 0 Å². The lowest BCUT2D eigenvalue weighted by Crippen LogP contribution is -2.24. The minimum atomic E-state index is 0.456. The highest BCUT2D eigenvalue weighted by molar-refractivity contribution is 5.16. The first-order valence-corrected chi connectivity index (χ1v) is 6.99. The number of rotatable bonds is 8. The van der Waals surface area contributed by atoms with Gasteiger partial charge in [-0.05, 0) is 38.3 Å². The lowest BCUT2D eigenvalue weighted by atomic mass is 9.92. The standard InChI is InChI=1S/C15H27NO/c1-5-8-16-15(10-13(6-2)7-3)14-9-12(4)17-11-14/h9,11,13,15-16H,5-8,10H2,1-4H3. The van der Waals surface area contributed by atoms with Crippen molar-refractivity contribution in [2.24, 2.45) is 5.92 Å². The Bertz CT molecular complexity index is 302. The van der Waals surface area contributed by atoms with Crippen molar-refractivity contribution in [1.29, 1.82) is 0 Å². The predicted octanol–water partition coefficient (Wildman–Crippen LogP) is 4.46. The molecule has 0 aliphatic heterocycles. The van der Waals surface area contributed by atoms with Crippen molar-refractivity contribution in [2.75, 3.05) is 6.54 Å². The Morgan fingerprint density at radius 3 is 2.41 bits per heavy atom. The zero-order chi connectivity index (χ0) is 12.7. The molecule has 1 heterocycles. The molecular weight excluding hydrogens is 210 g/mol. The summed E-state index contributed by atoms with van der Waals surface area (Å²) < 4.78 is 5.43. The molecule has 1 unspecified atom stereocenters. The van der Waals surface area contributed by atoms with Gasteiger partial charge in [0.25, 0.3) is 0 Å². The predicted molar refractivity (Wildman–Crippen MR) is 73.2 cm³/mol. The molecule has 2 heteroatoms. The highest BCUT2D eigenvalue weighted by Crippen LogP contribution is 2.26. The average molecular weight is 237 g/mol. The van der Waals surface area contributed by atoms with Crippen LogP contribution in [0.2, 0.25) is 0 Å². The van der Waals surface area contributed by atoms with Gasteiger partial charge < -0.3 is 9.73 Å². The largest absolute Gasteiger partial charge is 0.469 e. The second-order valence-corrected chi connectivity index (χ2v) is 4.92. The van der Waals surface area contributed by atoms with E-state index in [-0.39, 0.29) is 0 Å². The molecule has 98 valence electrons. The SMILES string of the molecule is CCCNC(CC(CC)CC)c1coc(C)c1. The molecule has 17 heavy (non-hydrogen) atoms. The van der Waals surface area contributed by atoms with Crippen molar-refractivity contribution in [3.63, 3.8) is 0 Å². The number of aryl methyl sites for hydroxylation is 1. The first-order valence-electron chi connectivity index (χ1n) is 6.99. The van der Waals surface area contributed by atoms with E-state index in [2.05, 4.69) is 32.2 Å². The Kier molecular flexibility index (Phi) is 6.35. The van der Waals surface area contributed by atoms with E-state index in [0.29, 0.717) is 6.04 Å². The van der Waals surface area contributed by atoms with Crippen LogP contribution in [0.4, 0.5) is 0 Å². The molecule has 1 rings (SSSR count). The molecule has 2 nitrogen and oxygen atoms in total. The van der Waals surface area contributed by atoms with Crippen LogP contribution in [-0.4, -0.2) is 6.54 Å². The van der Waals surface area contributed by atoms with Crippen LogP contribution in [0.1, 0.15) is 63.8 Å². The zero-order valence-electron chi connectivity index (χ0n) is 11.8. The molecule has 0 saturated carbocycles. The Labute approximate surface area is 106 Å². The monoisotopic (exact) mass is 237 g/mol. The Hall–Kier alpha value is -0.760. The Morgan fingerprint density at radius 1 is 1.24 bits per heavy atom. The van der Waals surface area contributed by atoms with Crippen molar-refractivity contribution in [3.05, 3.63) is 23.7 Å². The summed E-state index contributed by atoms with van der Waals surface area (Å²) in [4.78, 5) is 0. The second-order valence-electron chi connectivity index (χ2n) is 4.92. The van der Waals surface area contributed by atoms with Crippen LogP contribution in [0.25, 0.3) is 0 Å². The van der Waals surface area contributed by atoms with Crippen LogP contribution < -0.4 is 5.32 Å². The maximum atomic E-state index is 5.43. The van der Waals surface area contributed by atoms with Gasteiger partial charge in [0.2, 0.25) is 0 Å². The van der Waals surface area contributed by atoms with Gasteiger partial charge >= 0.3 is 0 Å². The summed E-state index contributed by atoms with van der Waals surface area (Å²) in [5.74, 6) is 1.81. The Morgan fingerprint density at radius 2 is 1.94 bits per heavy atom. The molecule has 0 aliphatic carbocycles. The summed E-state index contributed by atoms with van der Waals surface area (Å²) in [5, 5.41) is 3.64. The van der Waals surface area contributed by atoms with Crippen molar-refractivity contribution in [2.45, 2.75) is 59.4 Å². The molecule has 0 saturated heterocycles. The van der Waals surface area contributed by atoms with Crippen LogP contribution in [-0.2, 0) is 0 Å². The fraction of sp³-hybridized carbons (Fsp3) is 0.733. The molecule has 1 N–H and O–H groups in total. The molecule has 0 bridgehead atoms. The highest BCUT2D eigenvalue weighted by Gasteiger charge is 2.17. The van der Waals surface area contributed by atoms with Crippen molar-refractivity contribution >= 4 is 0 Å². The summed E-state index contributed by atoms with van der Waals surface area (Å²) in [5.41, 5.74) is 1.31. The molecule has 0 radical (unpaired) electrons. The molecule has 0 aromatic carbocycles. The van der Waals surface area contributed by atoms with Crippen LogP contribution >= 0.6 is 0 Å². The van der Waals surface area contributed by atoms with Crippen LogP contribution in [0.3, 0.4) is 0 Å². The van der Waals surface area contributed by atoms with Crippen molar-refractivity contribution in [3.8, 4) is 0 Å². The Balaban J connectivity index is 2.66. The van der Waals surface area contributed by atoms with E-state index in [0.717, 1.165) is 18.2 Å². The van der Waals surface area contributed by atoms with Gasteiger partial charge in [-0.3, -0.25) is 0 Å². The van der Waals surface area contributed by atoms with Gasteiger partial charge in [-0.2, -0.15) is 0 Å². The van der Waals surface area contributed by atoms with Gasteiger partial charge in [-0.25, -0.2) is 0 Å². The molecule has 0 fully saturated rings. The maximum Gasteiger partial charge on any atom is 0.101 e. The molecule has 1 aromatic rings. The quantitative estimate of drug-likeness (QED) is 0.722. The van der Waals surface area contributed by atoms with Gasteiger partial charge in [0, 0.05) is 11.6 Å². The third-order valence-electron chi connectivity index (χ3n) is 3.52. The first-order chi connectivity index (χ1) is 8.21. The summed E-state index contributed by atoms with van der Waals surface area (Å²) in [6.07, 6.45) is 6.82. The fourth-order valence-electron chi connectivity index (χ4n) is 2.26. The van der Waals surface area contributed by atoms with Crippen LogP contribution in [0.15, 0.2) is 16.7 Å². The minimum absolute atomic E-state index is 0.456. The normalized spacial score (nSPS) is 13.2. The zero-order valence-corrected chi connectivity index (χ0v) is 11.8. The molecule has 1 atom stereocenters. The minimum Gasteiger partial charge on any atom is -0.469 e. The smallest absolute Gasteiger partial charge is 0.101 e. The highest BCUT2D eigenvalue weighted by atomic mass is 16.3. The fourth-order valence-corrected chi connectivity index (χ4v) is 2.26. The first kappa shape index (κ1) is 14.3. The van der Waals surface area contributed by atoms with Crippen molar-refractivity contribution in [1.82, 2.24) is 5.32 Å². The van der Waals surface area contributed by atoms with Gasteiger partial charge in [-0.15, -0.1) is 0 Å². The number of furan rings is 1. The van der Waals surface area contributed by atoms with Gasteiger partial charge in [0.1, 0.15) is 5.76 Å². The van der Waals surface area contributed by atoms with Crippen LogP contribution in [0.5, 0.6) is 0 Å². The van der Waals surface area contributed by atoms with Crippen LogP contribution in [0, 0.1) is 12.8 Å². The van der Waals surface area contributed by atoms with Gasteiger partial charge in [-0.1, -0.05) is 33.6 Å². The number of hydrogen-bond donors (Lipinski definition) is 1. The molecular formula is C15H27NO. The molecule has 0 amide bonds. The second kappa shape index (κ2) is 7.54. The van der Waals surface area contributed by atoms with Gasteiger partial charge in [0.05, 0.1) is 6.26 Å². The number of nitrogens with one attached hydrogen (secondary N) is 1. The topological polar surface area (TPSA) is 25.2 Å². The van der Waals surface area contributed by atoms with Crippen molar-refractivity contribution < 1.29 is 4.42 Å².